The zero-order valence-corrected chi connectivity index (χ0v) is 12.3. The van der Waals surface area contributed by atoms with Crippen LogP contribution in [0.3, 0.4) is 0 Å². The summed E-state index contributed by atoms with van der Waals surface area (Å²) < 4.78 is 0. The van der Waals surface area contributed by atoms with E-state index in [-0.39, 0.29) is 18.1 Å². The van der Waals surface area contributed by atoms with Gasteiger partial charge in [0.05, 0.1) is 6.04 Å². The van der Waals surface area contributed by atoms with E-state index in [9.17, 15) is 4.79 Å². The summed E-state index contributed by atoms with van der Waals surface area (Å²) in [4.78, 5) is 14.3. The summed E-state index contributed by atoms with van der Waals surface area (Å²) in [5.41, 5.74) is 1.23. The maximum atomic E-state index is 12.3. The standard InChI is InChI=1S/C15H22N2OS/c1-11-15(18)17(8-6-12-4-2-3-5-12)14(16-11)13-7-9-19-10-13/h7,9-12,14,16H,2-6,8H2,1H3. The van der Waals surface area contributed by atoms with Crippen LogP contribution in [0.5, 0.6) is 0 Å². The van der Waals surface area contributed by atoms with E-state index in [1.807, 2.05) is 11.8 Å². The Morgan fingerprint density at radius 2 is 2.21 bits per heavy atom. The molecule has 2 fully saturated rings. The predicted octanol–water partition coefficient (Wildman–Crippen LogP) is 3.15. The fourth-order valence-corrected chi connectivity index (χ4v) is 4.02. The van der Waals surface area contributed by atoms with Crippen molar-refractivity contribution < 1.29 is 4.79 Å². The Balaban J connectivity index is 1.67. The smallest absolute Gasteiger partial charge is 0.241 e. The number of carbonyl (C=O) groups is 1. The maximum absolute atomic E-state index is 12.3. The minimum absolute atomic E-state index is 0.0477. The Morgan fingerprint density at radius 3 is 2.89 bits per heavy atom. The molecule has 1 saturated carbocycles. The third-order valence-corrected chi connectivity index (χ3v) is 5.19. The highest BCUT2D eigenvalue weighted by Crippen LogP contribution is 2.31. The van der Waals surface area contributed by atoms with Crippen LogP contribution < -0.4 is 5.32 Å². The first-order valence-electron chi connectivity index (χ1n) is 7.34. The molecule has 1 N–H and O–H groups in total. The molecule has 1 aromatic rings. The first-order valence-corrected chi connectivity index (χ1v) is 8.28. The van der Waals surface area contributed by atoms with Gasteiger partial charge in [0.2, 0.25) is 5.91 Å². The Morgan fingerprint density at radius 1 is 1.42 bits per heavy atom. The van der Waals surface area contributed by atoms with Gasteiger partial charge in [-0.15, -0.1) is 0 Å². The molecular formula is C15H22N2OS. The molecule has 2 heterocycles. The summed E-state index contributed by atoms with van der Waals surface area (Å²) in [6.45, 7) is 2.87. The first-order chi connectivity index (χ1) is 9.25. The third kappa shape index (κ3) is 2.70. The lowest BCUT2D eigenvalue weighted by atomic mass is 10.0. The molecule has 3 nitrogen and oxygen atoms in total. The average molecular weight is 278 g/mol. The lowest BCUT2D eigenvalue weighted by molar-refractivity contribution is -0.130. The van der Waals surface area contributed by atoms with Crippen LogP contribution in [0.4, 0.5) is 0 Å². The Kier molecular flexibility index (Phi) is 3.89. The van der Waals surface area contributed by atoms with Crippen molar-refractivity contribution in [1.82, 2.24) is 10.2 Å². The molecule has 19 heavy (non-hydrogen) atoms. The molecule has 1 aliphatic carbocycles. The van der Waals surface area contributed by atoms with E-state index in [2.05, 4.69) is 22.1 Å². The van der Waals surface area contributed by atoms with Crippen LogP contribution >= 0.6 is 11.3 Å². The molecule has 104 valence electrons. The second kappa shape index (κ2) is 5.63. The molecule has 0 bridgehead atoms. The van der Waals surface area contributed by atoms with Crippen molar-refractivity contribution in [1.29, 1.82) is 0 Å². The lowest BCUT2D eigenvalue weighted by Gasteiger charge is -2.25. The molecule has 0 spiro atoms. The van der Waals surface area contributed by atoms with Gasteiger partial charge in [-0.3, -0.25) is 10.1 Å². The molecule has 1 aliphatic heterocycles. The zero-order valence-electron chi connectivity index (χ0n) is 11.5. The van der Waals surface area contributed by atoms with Gasteiger partial charge >= 0.3 is 0 Å². The maximum Gasteiger partial charge on any atom is 0.241 e. The van der Waals surface area contributed by atoms with Gasteiger partial charge in [0.25, 0.3) is 0 Å². The fraction of sp³-hybridized carbons (Fsp3) is 0.667. The molecule has 2 atom stereocenters. The zero-order chi connectivity index (χ0) is 13.2. The van der Waals surface area contributed by atoms with Crippen LogP contribution in [-0.4, -0.2) is 23.4 Å². The number of hydrogen-bond donors (Lipinski definition) is 1. The van der Waals surface area contributed by atoms with Gasteiger partial charge in [-0.25, -0.2) is 0 Å². The summed E-state index contributed by atoms with van der Waals surface area (Å²) in [5, 5.41) is 7.64. The van der Waals surface area contributed by atoms with Gasteiger partial charge in [-0.2, -0.15) is 11.3 Å². The van der Waals surface area contributed by atoms with E-state index in [0.29, 0.717) is 0 Å². The van der Waals surface area contributed by atoms with E-state index in [1.165, 1.54) is 37.7 Å². The number of rotatable bonds is 4. The molecular weight excluding hydrogens is 256 g/mol. The molecule has 4 heteroatoms. The van der Waals surface area contributed by atoms with Crippen LogP contribution in [0, 0.1) is 5.92 Å². The molecule has 1 aromatic heterocycles. The van der Waals surface area contributed by atoms with Crippen molar-refractivity contribution in [3.63, 3.8) is 0 Å². The van der Waals surface area contributed by atoms with Crippen molar-refractivity contribution in [3.05, 3.63) is 22.4 Å². The number of thiophene rings is 1. The Bertz CT molecular complexity index is 425. The third-order valence-electron chi connectivity index (χ3n) is 4.48. The average Bonchev–Trinajstić information content (AvgIpc) is 3.12. The summed E-state index contributed by atoms with van der Waals surface area (Å²) in [6.07, 6.45) is 6.72. The SMILES string of the molecule is CC1NC(c2ccsc2)N(CCC2CCCC2)C1=O. The summed E-state index contributed by atoms with van der Waals surface area (Å²) in [6, 6.07) is 2.07. The van der Waals surface area contributed by atoms with Gasteiger partial charge in [-0.05, 0) is 41.7 Å². The van der Waals surface area contributed by atoms with Crippen LogP contribution in [0.15, 0.2) is 16.8 Å². The summed E-state index contributed by atoms with van der Waals surface area (Å²) in [7, 11) is 0. The summed E-state index contributed by atoms with van der Waals surface area (Å²) in [5.74, 6) is 1.10. The van der Waals surface area contributed by atoms with E-state index < -0.39 is 0 Å². The second-order valence-corrected chi connectivity index (χ2v) is 6.60. The fourth-order valence-electron chi connectivity index (χ4n) is 3.34. The van der Waals surface area contributed by atoms with Crippen LogP contribution in [0.2, 0.25) is 0 Å². The predicted molar refractivity (Wildman–Crippen MR) is 77.9 cm³/mol. The number of amides is 1. The number of hydrogen-bond acceptors (Lipinski definition) is 3. The minimum Gasteiger partial charge on any atom is -0.322 e. The highest BCUT2D eigenvalue weighted by Gasteiger charge is 2.37. The van der Waals surface area contributed by atoms with Crippen molar-refractivity contribution in [3.8, 4) is 0 Å². The topological polar surface area (TPSA) is 32.3 Å². The monoisotopic (exact) mass is 278 g/mol. The van der Waals surface area contributed by atoms with E-state index in [1.54, 1.807) is 11.3 Å². The van der Waals surface area contributed by atoms with E-state index in [0.717, 1.165) is 12.5 Å². The number of nitrogens with zero attached hydrogens (tertiary/aromatic N) is 1. The molecule has 0 aromatic carbocycles. The molecule has 0 radical (unpaired) electrons. The number of nitrogens with one attached hydrogen (secondary N) is 1. The van der Waals surface area contributed by atoms with Crippen molar-refractivity contribution in [2.75, 3.05) is 6.54 Å². The molecule has 1 saturated heterocycles. The summed E-state index contributed by atoms with van der Waals surface area (Å²) >= 11 is 1.70. The normalized spacial score (nSPS) is 28.5. The Labute approximate surface area is 119 Å². The van der Waals surface area contributed by atoms with Gasteiger partial charge in [0.1, 0.15) is 6.17 Å². The van der Waals surface area contributed by atoms with Crippen LogP contribution in [0.25, 0.3) is 0 Å². The van der Waals surface area contributed by atoms with E-state index >= 15 is 0 Å². The second-order valence-electron chi connectivity index (χ2n) is 5.82. The van der Waals surface area contributed by atoms with Crippen molar-refractivity contribution in [2.24, 2.45) is 5.92 Å². The molecule has 3 rings (SSSR count). The lowest BCUT2D eigenvalue weighted by Crippen LogP contribution is -2.32. The molecule has 2 aliphatic rings. The quantitative estimate of drug-likeness (QED) is 0.917. The number of carbonyl (C=O) groups excluding carboxylic acids is 1. The van der Waals surface area contributed by atoms with Gasteiger partial charge in [-0.1, -0.05) is 25.7 Å². The van der Waals surface area contributed by atoms with Crippen LogP contribution in [-0.2, 0) is 4.79 Å². The Hall–Kier alpha value is -0.870. The largest absolute Gasteiger partial charge is 0.322 e. The molecule has 1 amide bonds. The minimum atomic E-state index is -0.0477. The van der Waals surface area contributed by atoms with Gasteiger partial charge in [0, 0.05) is 6.54 Å². The van der Waals surface area contributed by atoms with Crippen LogP contribution in [0.1, 0.15) is 50.8 Å². The molecule has 2 unspecified atom stereocenters. The van der Waals surface area contributed by atoms with Gasteiger partial charge in [0.15, 0.2) is 0 Å². The van der Waals surface area contributed by atoms with Crippen molar-refractivity contribution in [2.45, 2.75) is 51.2 Å². The van der Waals surface area contributed by atoms with Gasteiger partial charge < -0.3 is 4.90 Å². The highest BCUT2D eigenvalue weighted by molar-refractivity contribution is 7.07. The first kappa shape index (κ1) is 13.1. The van der Waals surface area contributed by atoms with E-state index in [4.69, 9.17) is 0 Å². The highest BCUT2D eigenvalue weighted by atomic mass is 32.1. The van der Waals surface area contributed by atoms with Crippen molar-refractivity contribution >= 4 is 17.2 Å².